The van der Waals surface area contributed by atoms with E-state index in [0.29, 0.717) is 0 Å². The highest BCUT2D eigenvalue weighted by Crippen LogP contribution is 1.95. The zero-order valence-corrected chi connectivity index (χ0v) is 8.91. The van der Waals surface area contributed by atoms with Crippen LogP contribution in [0.1, 0.15) is 47.5 Å². The van der Waals surface area contributed by atoms with E-state index in [1.807, 2.05) is 13.8 Å². The topological polar surface area (TPSA) is 12.0 Å². The molecule has 0 radical (unpaired) electrons. The summed E-state index contributed by atoms with van der Waals surface area (Å²) in [5.74, 6) is 0.842. The van der Waals surface area contributed by atoms with Crippen LogP contribution in [-0.4, -0.2) is 13.1 Å². The fourth-order valence-electron chi connectivity index (χ4n) is 0.693. The molecule has 1 nitrogen and oxygen atoms in total. The van der Waals surface area contributed by atoms with Gasteiger partial charge in [0.1, 0.15) is 0 Å². The molecular formula is C10H25N. The fourth-order valence-corrected chi connectivity index (χ4v) is 0.693. The predicted molar refractivity (Wildman–Crippen MR) is 54.0 cm³/mol. The molecule has 0 aliphatic rings. The lowest BCUT2D eigenvalue weighted by Crippen LogP contribution is -2.17. The molecule has 0 amide bonds. The van der Waals surface area contributed by atoms with E-state index >= 15 is 0 Å². The van der Waals surface area contributed by atoms with Crippen molar-refractivity contribution < 1.29 is 0 Å². The first-order valence-corrected chi connectivity index (χ1v) is 4.98. The molecule has 0 unspecified atom stereocenters. The van der Waals surface area contributed by atoms with Crippen molar-refractivity contribution in [3.05, 3.63) is 0 Å². The SMILES string of the molecule is CC.CCCNCCC(C)C. The molecule has 0 aromatic carbocycles. The third-order valence-electron chi connectivity index (χ3n) is 1.33. The Morgan fingerprint density at radius 2 is 1.64 bits per heavy atom. The maximum atomic E-state index is 3.37. The summed E-state index contributed by atoms with van der Waals surface area (Å²) < 4.78 is 0. The minimum Gasteiger partial charge on any atom is -0.317 e. The number of nitrogens with one attached hydrogen (secondary N) is 1. The molecule has 70 valence electrons. The standard InChI is InChI=1S/C8H19N.C2H6/c1-4-6-9-7-5-8(2)3;1-2/h8-9H,4-7H2,1-3H3;1-2H3. The van der Waals surface area contributed by atoms with E-state index in [4.69, 9.17) is 0 Å². The third-order valence-corrected chi connectivity index (χ3v) is 1.33. The molecule has 0 fully saturated rings. The predicted octanol–water partition coefficient (Wildman–Crippen LogP) is 3.06. The Morgan fingerprint density at radius 1 is 1.09 bits per heavy atom. The molecule has 0 aliphatic heterocycles. The first kappa shape index (κ1) is 13.5. The monoisotopic (exact) mass is 159 g/mol. The van der Waals surface area contributed by atoms with E-state index in [1.54, 1.807) is 0 Å². The van der Waals surface area contributed by atoms with Crippen molar-refractivity contribution in [3.63, 3.8) is 0 Å². The van der Waals surface area contributed by atoms with Crippen molar-refractivity contribution in [1.29, 1.82) is 0 Å². The van der Waals surface area contributed by atoms with Gasteiger partial charge in [0.15, 0.2) is 0 Å². The van der Waals surface area contributed by atoms with Gasteiger partial charge in [-0.25, -0.2) is 0 Å². The van der Waals surface area contributed by atoms with Crippen LogP contribution in [0, 0.1) is 5.92 Å². The molecule has 0 bridgehead atoms. The van der Waals surface area contributed by atoms with E-state index in [-0.39, 0.29) is 0 Å². The van der Waals surface area contributed by atoms with Gasteiger partial charge >= 0.3 is 0 Å². The fraction of sp³-hybridized carbons (Fsp3) is 1.00. The molecule has 0 atom stereocenters. The summed E-state index contributed by atoms with van der Waals surface area (Å²) in [6.07, 6.45) is 2.55. The Balaban J connectivity index is 0. The molecule has 0 aliphatic carbocycles. The summed E-state index contributed by atoms with van der Waals surface area (Å²) >= 11 is 0. The normalized spacial score (nSPS) is 9.27. The van der Waals surface area contributed by atoms with Gasteiger partial charge in [-0.3, -0.25) is 0 Å². The van der Waals surface area contributed by atoms with Crippen LogP contribution >= 0.6 is 0 Å². The van der Waals surface area contributed by atoms with Crippen LogP contribution in [-0.2, 0) is 0 Å². The maximum Gasteiger partial charge on any atom is -0.00465 e. The second-order valence-electron chi connectivity index (χ2n) is 2.93. The molecule has 1 heteroatoms. The number of hydrogen-bond donors (Lipinski definition) is 1. The highest BCUT2D eigenvalue weighted by molar-refractivity contribution is 4.49. The Labute approximate surface area is 72.6 Å². The van der Waals surface area contributed by atoms with E-state index in [2.05, 4.69) is 26.1 Å². The van der Waals surface area contributed by atoms with E-state index in [9.17, 15) is 0 Å². The quantitative estimate of drug-likeness (QED) is 0.608. The number of hydrogen-bond acceptors (Lipinski definition) is 1. The van der Waals surface area contributed by atoms with Crippen LogP contribution in [0.4, 0.5) is 0 Å². The summed E-state index contributed by atoms with van der Waals surface area (Å²) in [6, 6.07) is 0. The van der Waals surface area contributed by atoms with Crippen LogP contribution in [0.15, 0.2) is 0 Å². The second-order valence-corrected chi connectivity index (χ2v) is 2.93. The first-order chi connectivity index (χ1) is 5.27. The highest BCUT2D eigenvalue weighted by Gasteiger charge is 1.90. The van der Waals surface area contributed by atoms with E-state index < -0.39 is 0 Å². The van der Waals surface area contributed by atoms with Crippen LogP contribution in [0.5, 0.6) is 0 Å². The minimum atomic E-state index is 0.842. The summed E-state index contributed by atoms with van der Waals surface area (Å²) in [7, 11) is 0. The van der Waals surface area contributed by atoms with Gasteiger partial charge in [0, 0.05) is 0 Å². The molecule has 0 saturated heterocycles. The van der Waals surface area contributed by atoms with Crippen LogP contribution in [0.2, 0.25) is 0 Å². The van der Waals surface area contributed by atoms with Crippen molar-refractivity contribution in [2.75, 3.05) is 13.1 Å². The Hall–Kier alpha value is -0.0400. The first-order valence-electron chi connectivity index (χ1n) is 4.98. The zero-order valence-electron chi connectivity index (χ0n) is 8.91. The Bertz CT molecular complexity index is 50.8. The van der Waals surface area contributed by atoms with Crippen molar-refractivity contribution in [2.24, 2.45) is 5.92 Å². The highest BCUT2D eigenvalue weighted by atomic mass is 14.8. The molecule has 0 spiro atoms. The molecule has 0 saturated carbocycles. The van der Waals surface area contributed by atoms with Gasteiger partial charge in [0.25, 0.3) is 0 Å². The summed E-state index contributed by atoms with van der Waals surface area (Å²) in [6.45, 7) is 13.1. The lowest BCUT2D eigenvalue weighted by molar-refractivity contribution is 0.537. The van der Waals surface area contributed by atoms with Crippen LogP contribution < -0.4 is 5.32 Å². The molecule has 0 rings (SSSR count). The average Bonchev–Trinajstić information content (AvgIpc) is 2.02. The summed E-state index contributed by atoms with van der Waals surface area (Å²) in [5.41, 5.74) is 0. The third kappa shape index (κ3) is 17.8. The van der Waals surface area contributed by atoms with Gasteiger partial charge in [-0.2, -0.15) is 0 Å². The van der Waals surface area contributed by atoms with Crippen molar-refractivity contribution in [3.8, 4) is 0 Å². The second kappa shape index (κ2) is 12.6. The molecule has 1 N–H and O–H groups in total. The molecule has 0 aromatic rings. The molecule has 11 heavy (non-hydrogen) atoms. The number of rotatable bonds is 5. The molecule has 0 heterocycles. The van der Waals surface area contributed by atoms with Crippen molar-refractivity contribution in [2.45, 2.75) is 47.5 Å². The van der Waals surface area contributed by atoms with E-state index in [0.717, 1.165) is 5.92 Å². The zero-order chi connectivity index (χ0) is 9.11. The van der Waals surface area contributed by atoms with Crippen molar-refractivity contribution in [1.82, 2.24) is 5.32 Å². The van der Waals surface area contributed by atoms with Gasteiger partial charge < -0.3 is 5.32 Å². The van der Waals surface area contributed by atoms with Crippen LogP contribution in [0.25, 0.3) is 0 Å². The Kier molecular flexibility index (Phi) is 15.5. The van der Waals surface area contributed by atoms with Gasteiger partial charge in [0.2, 0.25) is 0 Å². The van der Waals surface area contributed by atoms with Crippen LogP contribution in [0.3, 0.4) is 0 Å². The molecule has 0 aromatic heterocycles. The maximum absolute atomic E-state index is 3.37. The summed E-state index contributed by atoms with van der Waals surface area (Å²) in [4.78, 5) is 0. The van der Waals surface area contributed by atoms with Gasteiger partial charge in [-0.15, -0.1) is 0 Å². The van der Waals surface area contributed by atoms with Gasteiger partial charge in [0.05, 0.1) is 0 Å². The lowest BCUT2D eigenvalue weighted by Gasteiger charge is -2.04. The molecular weight excluding hydrogens is 134 g/mol. The Morgan fingerprint density at radius 3 is 2.00 bits per heavy atom. The van der Waals surface area contributed by atoms with Gasteiger partial charge in [-0.1, -0.05) is 34.6 Å². The smallest absolute Gasteiger partial charge is 0.00465 e. The van der Waals surface area contributed by atoms with Crippen molar-refractivity contribution >= 4 is 0 Å². The van der Waals surface area contributed by atoms with Gasteiger partial charge in [-0.05, 0) is 31.8 Å². The largest absolute Gasteiger partial charge is 0.317 e. The van der Waals surface area contributed by atoms with E-state index in [1.165, 1.54) is 25.9 Å². The lowest BCUT2D eigenvalue weighted by atomic mass is 10.1. The minimum absolute atomic E-state index is 0.842. The summed E-state index contributed by atoms with van der Waals surface area (Å²) in [5, 5.41) is 3.37. The average molecular weight is 159 g/mol.